The van der Waals surface area contributed by atoms with E-state index in [1.165, 1.54) is 22.9 Å². The first kappa shape index (κ1) is 17.2. The highest BCUT2D eigenvalue weighted by Gasteiger charge is 2.17. The van der Waals surface area contributed by atoms with Crippen molar-refractivity contribution in [1.82, 2.24) is 20.0 Å². The smallest absolute Gasteiger partial charge is 0.356 e. The van der Waals surface area contributed by atoms with E-state index < -0.39 is 11.8 Å². The van der Waals surface area contributed by atoms with Crippen LogP contribution in [0.25, 0.3) is 32.9 Å². The largest absolute Gasteiger partial charge is 0.476 e. The molecule has 2 aromatic heterocycles. The lowest BCUT2D eigenvalue weighted by atomic mass is 10.1. The first-order chi connectivity index (χ1) is 13.6. The standard InChI is InChI=1S/C20H12FN5O2/c1-22-17-7-4-13(8-16(17)21)19-9-18(20(27)28)25-26(19)15-5-2-12(3-6-15)14-10-23-24-11-14/h2-11H,(H,23,24)(H,27,28). The molecule has 2 N–H and O–H groups in total. The molecule has 2 aromatic carbocycles. The van der Waals surface area contributed by atoms with Crippen LogP contribution in [-0.4, -0.2) is 31.1 Å². The quantitative estimate of drug-likeness (QED) is 0.522. The van der Waals surface area contributed by atoms with Crippen molar-refractivity contribution in [3.63, 3.8) is 0 Å². The molecule has 136 valence electrons. The number of aromatic carboxylic acids is 1. The zero-order valence-corrected chi connectivity index (χ0v) is 14.3. The van der Waals surface area contributed by atoms with Gasteiger partial charge in [0.25, 0.3) is 0 Å². The number of carboxylic acids is 1. The predicted octanol–water partition coefficient (Wildman–Crippen LogP) is 4.32. The third kappa shape index (κ3) is 3.01. The predicted molar refractivity (Wildman–Crippen MR) is 99.8 cm³/mol. The van der Waals surface area contributed by atoms with Gasteiger partial charge in [-0.05, 0) is 29.8 Å². The van der Waals surface area contributed by atoms with Gasteiger partial charge in [-0.3, -0.25) is 5.10 Å². The van der Waals surface area contributed by atoms with Gasteiger partial charge in [-0.1, -0.05) is 24.3 Å². The number of rotatable bonds is 4. The third-order valence-electron chi connectivity index (χ3n) is 4.24. The monoisotopic (exact) mass is 373 g/mol. The van der Waals surface area contributed by atoms with Crippen LogP contribution in [0.4, 0.5) is 10.1 Å². The second kappa shape index (κ2) is 6.81. The molecular weight excluding hydrogens is 361 g/mol. The lowest BCUT2D eigenvalue weighted by Crippen LogP contribution is -2.02. The minimum Gasteiger partial charge on any atom is -0.476 e. The molecule has 0 atom stereocenters. The molecule has 4 aromatic rings. The Morgan fingerprint density at radius 3 is 2.46 bits per heavy atom. The highest BCUT2D eigenvalue weighted by Crippen LogP contribution is 2.29. The van der Waals surface area contributed by atoms with Gasteiger partial charge in [0.15, 0.2) is 5.69 Å². The van der Waals surface area contributed by atoms with Crippen molar-refractivity contribution in [2.24, 2.45) is 0 Å². The molecule has 7 nitrogen and oxygen atoms in total. The van der Waals surface area contributed by atoms with E-state index in [-0.39, 0.29) is 11.4 Å². The van der Waals surface area contributed by atoms with Crippen LogP contribution >= 0.6 is 0 Å². The maximum absolute atomic E-state index is 14.1. The van der Waals surface area contributed by atoms with Crippen LogP contribution in [-0.2, 0) is 0 Å². The fourth-order valence-electron chi connectivity index (χ4n) is 2.85. The summed E-state index contributed by atoms with van der Waals surface area (Å²) in [6.45, 7) is 6.96. The maximum Gasteiger partial charge on any atom is 0.356 e. The molecule has 28 heavy (non-hydrogen) atoms. The molecule has 2 heterocycles. The molecule has 0 spiro atoms. The average molecular weight is 373 g/mol. The maximum atomic E-state index is 14.1. The normalized spacial score (nSPS) is 10.6. The van der Waals surface area contributed by atoms with Gasteiger partial charge in [-0.25, -0.2) is 18.7 Å². The molecular formula is C20H12FN5O2. The van der Waals surface area contributed by atoms with Crippen LogP contribution in [0.1, 0.15) is 10.5 Å². The van der Waals surface area contributed by atoms with Crippen LogP contribution in [0.15, 0.2) is 60.9 Å². The molecule has 0 aliphatic carbocycles. The number of benzene rings is 2. The number of nitrogens with zero attached hydrogens (tertiary/aromatic N) is 4. The highest BCUT2D eigenvalue weighted by molar-refractivity contribution is 5.87. The van der Waals surface area contributed by atoms with Crippen LogP contribution in [0.3, 0.4) is 0 Å². The van der Waals surface area contributed by atoms with E-state index in [0.29, 0.717) is 16.9 Å². The molecule has 0 radical (unpaired) electrons. The summed E-state index contributed by atoms with van der Waals surface area (Å²) in [5.74, 6) is -1.86. The van der Waals surface area contributed by atoms with E-state index in [4.69, 9.17) is 6.57 Å². The number of carboxylic acid groups (broad SMARTS) is 1. The van der Waals surface area contributed by atoms with Crippen molar-refractivity contribution in [2.75, 3.05) is 0 Å². The van der Waals surface area contributed by atoms with E-state index in [1.807, 2.05) is 12.1 Å². The first-order valence-electron chi connectivity index (χ1n) is 8.17. The number of carbonyl (C=O) groups is 1. The lowest BCUT2D eigenvalue weighted by molar-refractivity contribution is 0.0690. The minimum absolute atomic E-state index is 0.0993. The molecule has 0 saturated heterocycles. The summed E-state index contributed by atoms with van der Waals surface area (Å²) < 4.78 is 15.5. The number of H-pyrrole nitrogens is 1. The molecule has 0 saturated carbocycles. The van der Waals surface area contributed by atoms with Crippen molar-refractivity contribution < 1.29 is 14.3 Å². The number of aromatic nitrogens is 4. The Kier molecular flexibility index (Phi) is 4.18. The number of nitrogens with one attached hydrogen (secondary N) is 1. The van der Waals surface area contributed by atoms with Gasteiger partial charge in [-0.15, -0.1) is 0 Å². The van der Waals surface area contributed by atoms with E-state index in [0.717, 1.165) is 11.1 Å². The van der Waals surface area contributed by atoms with Crippen molar-refractivity contribution >= 4 is 11.7 Å². The minimum atomic E-state index is -1.19. The van der Waals surface area contributed by atoms with Gasteiger partial charge >= 0.3 is 5.97 Å². The summed E-state index contributed by atoms with van der Waals surface area (Å²) in [5.41, 5.74) is 3.02. The van der Waals surface area contributed by atoms with Crippen molar-refractivity contribution in [3.05, 3.63) is 83.9 Å². The third-order valence-corrected chi connectivity index (χ3v) is 4.24. The van der Waals surface area contributed by atoms with Gasteiger partial charge in [0, 0.05) is 17.3 Å². The topological polar surface area (TPSA) is 88.2 Å². The van der Waals surface area contributed by atoms with Crippen molar-refractivity contribution in [3.8, 4) is 28.1 Å². The van der Waals surface area contributed by atoms with Gasteiger partial charge in [-0.2, -0.15) is 10.2 Å². The fraction of sp³-hybridized carbons (Fsp3) is 0. The van der Waals surface area contributed by atoms with Crippen LogP contribution < -0.4 is 0 Å². The van der Waals surface area contributed by atoms with Crippen LogP contribution in [0.5, 0.6) is 0 Å². The molecule has 0 amide bonds. The van der Waals surface area contributed by atoms with Gasteiger partial charge in [0.1, 0.15) is 5.82 Å². The fourth-order valence-corrected chi connectivity index (χ4v) is 2.85. The second-order valence-corrected chi connectivity index (χ2v) is 5.94. The molecule has 0 bridgehead atoms. The van der Waals surface area contributed by atoms with Crippen LogP contribution in [0.2, 0.25) is 0 Å². The summed E-state index contributed by atoms with van der Waals surface area (Å²) in [6.07, 6.45) is 3.46. The van der Waals surface area contributed by atoms with E-state index in [1.54, 1.807) is 30.6 Å². The molecule has 0 aliphatic rings. The average Bonchev–Trinajstić information content (AvgIpc) is 3.38. The van der Waals surface area contributed by atoms with E-state index >= 15 is 0 Å². The summed E-state index contributed by atoms with van der Waals surface area (Å²) in [4.78, 5) is 14.5. The second-order valence-electron chi connectivity index (χ2n) is 5.94. The Balaban J connectivity index is 1.82. The first-order valence-corrected chi connectivity index (χ1v) is 8.17. The zero-order chi connectivity index (χ0) is 19.7. The summed E-state index contributed by atoms with van der Waals surface area (Å²) in [6, 6.07) is 12.8. The number of aromatic amines is 1. The molecule has 8 heteroatoms. The summed E-state index contributed by atoms with van der Waals surface area (Å²) >= 11 is 0. The van der Waals surface area contributed by atoms with E-state index in [2.05, 4.69) is 20.1 Å². The Morgan fingerprint density at radius 2 is 1.86 bits per heavy atom. The van der Waals surface area contributed by atoms with Gasteiger partial charge < -0.3 is 5.11 Å². The number of hydrogen-bond donors (Lipinski definition) is 2. The highest BCUT2D eigenvalue weighted by atomic mass is 19.1. The van der Waals surface area contributed by atoms with Gasteiger partial charge in [0.05, 0.1) is 24.2 Å². The number of hydrogen-bond acceptors (Lipinski definition) is 3. The Bertz CT molecular complexity index is 1200. The lowest BCUT2D eigenvalue weighted by Gasteiger charge is -2.09. The summed E-state index contributed by atoms with van der Waals surface area (Å²) in [7, 11) is 0. The molecule has 0 aliphatic heterocycles. The molecule has 0 unspecified atom stereocenters. The molecule has 4 rings (SSSR count). The summed E-state index contributed by atoms with van der Waals surface area (Å²) in [5, 5.41) is 20.1. The van der Waals surface area contributed by atoms with Gasteiger partial charge in [0.2, 0.25) is 5.69 Å². The molecule has 0 fully saturated rings. The number of halogens is 1. The Morgan fingerprint density at radius 1 is 1.11 bits per heavy atom. The zero-order valence-electron chi connectivity index (χ0n) is 14.3. The van der Waals surface area contributed by atoms with Crippen molar-refractivity contribution in [2.45, 2.75) is 0 Å². The Labute approximate surface area is 158 Å². The Hall–Kier alpha value is -4.25. The van der Waals surface area contributed by atoms with E-state index in [9.17, 15) is 14.3 Å². The van der Waals surface area contributed by atoms with Crippen LogP contribution in [0, 0.1) is 12.4 Å². The van der Waals surface area contributed by atoms with Crippen molar-refractivity contribution in [1.29, 1.82) is 0 Å². The SMILES string of the molecule is [C-]#[N+]c1ccc(-c2cc(C(=O)O)nn2-c2ccc(-c3cn[nH]c3)cc2)cc1F.